The van der Waals surface area contributed by atoms with Gasteiger partial charge in [-0.3, -0.25) is 19.9 Å². The molecule has 2 amide bonds. The average molecular weight is 470 g/mol. The molecule has 34 heavy (non-hydrogen) atoms. The van der Waals surface area contributed by atoms with Gasteiger partial charge in [0.2, 0.25) is 0 Å². The summed E-state index contributed by atoms with van der Waals surface area (Å²) in [6, 6.07) is 17.9. The minimum atomic E-state index is -0.376. The number of rotatable bonds is 6. The van der Waals surface area contributed by atoms with Gasteiger partial charge in [0.1, 0.15) is 5.70 Å². The Morgan fingerprint density at radius 2 is 1.79 bits per heavy atom. The van der Waals surface area contributed by atoms with Crippen molar-refractivity contribution in [2.45, 2.75) is 13.0 Å². The maximum absolute atomic E-state index is 13.1. The van der Waals surface area contributed by atoms with Gasteiger partial charge in [0.15, 0.2) is 5.17 Å². The molecule has 0 saturated heterocycles. The summed E-state index contributed by atoms with van der Waals surface area (Å²) >= 11 is 1.75. The number of carbonyl (C=O) groups is 2. The molecule has 2 aromatic carbocycles. The minimum Gasteiger partial charge on any atom is -0.363 e. The number of benzene rings is 2. The highest BCUT2D eigenvalue weighted by Gasteiger charge is 2.34. The van der Waals surface area contributed by atoms with E-state index in [9.17, 15) is 9.59 Å². The molecule has 0 bridgehead atoms. The second-order valence-corrected chi connectivity index (χ2v) is 9.40. The van der Waals surface area contributed by atoms with Crippen molar-refractivity contribution in [3.05, 3.63) is 72.6 Å². The number of hydrogen-bond acceptors (Lipinski definition) is 5. The van der Waals surface area contributed by atoms with Crippen molar-refractivity contribution in [2.24, 2.45) is 4.99 Å². The Balaban J connectivity index is 1.41. The number of thioether (sulfide) groups is 1. The van der Waals surface area contributed by atoms with Crippen molar-refractivity contribution in [3.63, 3.8) is 0 Å². The van der Waals surface area contributed by atoms with Crippen LogP contribution in [0.5, 0.6) is 0 Å². The highest BCUT2D eigenvalue weighted by atomic mass is 32.2. The molecule has 0 radical (unpaired) electrons. The lowest BCUT2D eigenvalue weighted by Crippen LogP contribution is -2.23. The molecule has 0 unspecified atom stereocenters. The number of aromatic nitrogens is 2. The number of amides is 2. The molecule has 2 N–H and O–H groups in total. The molecule has 170 valence electrons. The summed E-state index contributed by atoms with van der Waals surface area (Å²) in [4.78, 5) is 30.4. The number of nitrogens with zero attached hydrogens (tertiary/aromatic N) is 3. The third-order valence-electron chi connectivity index (χ3n) is 6.23. The normalized spacial score (nSPS) is 15.9. The van der Waals surface area contributed by atoms with Crippen molar-refractivity contribution in [1.82, 2.24) is 19.8 Å². The van der Waals surface area contributed by atoms with Crippen LogP contribution in [0, 0.1) is 0 Å². The van der Waals surface area contributed by atoms with E-state index in [2.05, 4.69) is 26.3 Å². The fourth-order valence-electron chi connectivity index (χ4n) is 4.71. The van der Waals surface area contributed by atoms with Gasteiger partial charge in [0.25, 0.3) is 11.8 Å². The molecule has 6 rings (SSSR count). The van der Waals surface area contributed by atoms with Gasteiger partial charge < -0.3 is 14.5 Å². The molecule has 4 heterocycles. The average Bonchev–Trinajstić information content (AvgIpc) is 3.63. The van der Waals surface area contributed by atoms with Crippen LogP contribution in [0.4, 0.5) is 0 Å². The van der Waals surface area contributed by atoms with Gasteiger partial charge in [-0.05, 0) is 30.0 Å². The Hall–Kier alpha value is -3.78. The number of imide groups is 1. The summed E-state index contributed by atoms with van der Waals surface area (Å²) in [7, 11) is 0. The first-order valence-corrected chi connectivity index (χ1v) is 12.3. The molecule has 8 heteroatoms. The third kappa shape index (κ3) is 3.51. The number of nitrogens with one attached hydrogen (secondary N) is 2. The van der Waals surface area contributed by atoms with Crippen molar-refractivity contribution < 1.29 is 9.59 Å². The molecule has 2 aliphatic rings. The largest absolute Gasteiger partial charge is 0.363 e. The third-order valence-corrected chi connectivity index (χ3v) is 7.27. The minimum absolute atomic E-state index is 0.360. The first kappa shape index (κ1) is 20.8. The molecule has 0 aliphatic carbocycles. The molecule has 2 aromatic heterocycles. The van der Waals surface area contributed by atoms with E-state index in [0.717, 1.165) is 64.3 Å². The zero-order valence-electron chi connectivity index (χ0n) is 18.5. The van der Waals surface area contributed by atoms with E-state index >= 15 is 0 Å². The summed E-state index contributed by atoms with van der Waals surface area (Å²) in [6.07, 6.45) is 4.83. The Labute approximate surface area is 200 Å². The SMILES string of the molecule is O=C1NC(=O)C(n2ccc3ccccc32)=C1c1cn(CCCSC2=NCCN2)c2ccccc12. The number of aryl methyl sites for hydroxylation is 1. The molecular formula is C26H23N5O2S. The Morgan fingerprint density at radius 3 is 2.65 bits per heavy atom. The van der Waals surface area contributed by atoms with Gasteiger partial charge in [-0.15, -0.1) is 0 Å². The first-order valence-electron chi connectivity index (χ1n) is 11.4. The van der Waals surface area contributed by atoms with Crippen LogP contribution in [0.3, 0.4) is 0 Å². The maximum Gasteiger partial charge on any atom is 0.275 e. The van der Waals surface area contributed by atoms with E-state index in [1.54, 1.807) is 11.8 Å². The lowest BCUT2D eigenvalue weighted by molar-refractivity contribution is -0.122. The van der Waals surface area contributed by atoms with Gasteiger partial charge in [-0.1, -0.05) is 48.2 Å². The fourth-order valence-corrected chi connectivity index (χ4v) is 5.56. The summed E-state index contributed by atoms with van der Waals surface area (Å²) in [5, 5.41) is 8.81. The predicted octanol–water partition coefficient (Wildman–Crippen LogP) is 3.70. The highest BCUT2D eigenvalue weighted by molar-refractivity contribution is 8.13. The van der Waals surface area contributed by atoms with E-state index in [-0.39, 0.29) is 11.8 Å². The Bertz CT molecular complexity index is 1510. The van der Waals surface area contributed by atoms with Crippen LogP contribution in [0.1, 0.15) is 12.0 Å². The number of fused-ring (bicyclic) bond motifs is 2. The molecule has 2 aliphatic heterocycles. The number of para-hydroxylation sites is 2. The van der Waals surface area contributed by atoms with E-state index in [0.29, 0.717) is 11.3 Å². The lowest BCUT2D eigenvalue weighted by Gasteiger charge is -2.07. The topological polar surface area (TPSA) is 80.4 Å². The Morgan fingerprint density at radius 1 is 0.971 bits per heavy atom. The number of carbonyl (C=O) groups excluding carboxylic acids is 2. The van der Waals surface area contributed by atoms with E-state index < -0.39 is 0 Å². The quantitative estimate of drug-likeness (QED) is 0.333. The summed E-state index contributed by atoms with van der Waals surface area (Å²) in [6.45, 7) is 2.58. The van der Waals surface area contributed by atoms with Gasteiger partial charge in [0.05, 0.1) is 17.6 Å². The lowest BCUT2D eigenvalue weighted by atomic mass is 10.0. The van der Waals surface area contributed by atoms with E-state index in [1.807, 2.05) is 65.5 Å². The standard InChI is InChI=1S/C26H23N5O2S/c32-24-22(23(25(33)29-24)31-14-10-17-6-1-3-8-20(17)31)19-16-30(21-9-4-2-7-18(19)21)13-5-15-34-26-27-11-12-28-26/h1-4,6-10,14,16H,5,11-13,15H2,(H,27,28)(H,29,32,33). The molecule has 0 spiro atoms. The van der Waals surface area contributed by atoms with Crippen LogP contribution >= 0.6 is 11.8 Å². The zero-order chi connectivity index (χ0) is 23.1. The van der Waals surface area contributed by atoms with E-state index in [4.69, 9.17) is 0 Å². The molecule has 0 atom stereocenters. The van der Waals surface area contributed by atoms with Gasteiger partial charge >= 0.3 is 0 Å². The van der Waals surface area contributed by atoms with Crippen LogP contribution in [0.25, 0.3) is 33.1 Å². The number of amidine groups is 1. The smallest absolute Gasteiger partial charge is 0.275 e. The molecule has 4 aromatic rings. The van der Waals surface area contributed by atoms with Crippen LogP contribution < -0.4 is 10.6 Å². The summed E-state index contributed by atoms with van der Waals surface area (Å²) in [5.74, 6) is 0.219. The van der Waals surface area contributed by atoms with Crippen LogP contribution in [-0.2, 0) is 16.1 Å². The molecule has 7 nitrogen and oxygen atoms in total. The van der Waals surface area contributed by atoms with Crippen molar-refractivity contribution in [2.75, 3.05) is 18.8 Å². The van der Waals surface area contributed by atoms with Gasteiger partial charge in [-0.25, -0.2) is 0 Å². The number of hydrogen-bond donors (Lipinski definition) is 2. The monoisotopic (exact) mass is 469 g/mol. The first-order chi connectivity index (χ1) is 16.7. The predicted molar refractivity (Wildman–Crippen MR) is 138 cm³/mol. The fraction of sp³-hybridized carbons (Fsp3) is 0.192. The van der Waals surface area contributed by atoms with Crippen molar-refractivity contribution in [3.8, 4) is 0 Å². The molecule has 0 fully saturated rings. The van der Waals surface area contributed by atoms with Crippen molar-refractivity contribution >= 4 is 61.8 Å². The number of aliphatic imine (C=N–C) groups is 1. The van der Waals surface area contributed by atoms with Crippen LogP contribution in [0.2, 0.25) is 0 Å². The second kappa shape index (κ2) is 8.53. The molecular weight excluding hydrogens is 446 g/mol. The molecule has 0 saturated carbocycles. The maximum atomic E-state index is 13.1. The summed E-state index contributed by atoms with van der Waals surface area (Å²) in [5.41, 5.74) is 3.51. The van der Waals surface area contributed by atoms with Crippen molar-refractivity contribution in [1.29, 1.82) is 0 Å². The van der Waals surface area contributed by atoms with Crippen LogP contribution in [-0.4, -0.2) is 45.0 Å². The van der Waals surface area contributed by atoms with Gasteiger partial charge in [0, 0.05) is 47.7 Å². The van der Waals surface area contributed by atoms with Gasteiger partial charge in [-0.2, -0.15) is 0 Å². The second-order valence-electron chi connectivity index (χ2n) is 8.32. The van der Waals surface area contributed by atoms with E-state index in [1.165, 1.54) is 0 Å². The Kier molecular flexibility index (Phi) is 5.22. The highest BCUT2D eigenvalue weighted by Crippen LogP contribution is 2.35. The summed E-state index contributed by atoms with van der Waals surface area (Å²) < 4.78 is 4.01. The zero-order valence-corrected chi connectivity index (χ0v) is 19.3. The van der Waals surface area contributed by atoms with Crippen LogP contribution in [0.15, 0.2) is 72.0 Å².